The summed E-state index contributed by atoms with van der Waals surface area (Å²) in [6, 6.07) is 0. The standard InChI is InChI=1S/C21H29N3O5S/c1-13-17-15(10-21(2,3)11-16(17)25)22-18(13)20(27)24-7-5-23(6-8-24)19(26)14-4-9-30(28,29)12-14/h14,22H,4-12H2,1-3H3/t14-/m0/s1. The van der Waals surface area contributed by atoms with Gasteiger partial charge >= 0.3 is 0 Å². The second-order valence-corrected chi connectivity index (χ2v) is 11.9. The molecule has 1 atom stereocenters. The lowest BCUT2D eigenvalue weighted by atomic mass is 9.75. The molecule has 8 nitrogen and oxygen atoms in total. The predicted octanol–water partition coefficient (Wildman–Crippen LogP) is 1.20. The average molecular weight is 436 g/mol. The van der Waals surface area contributed by atoms with Crippen molar-refractivity contribution in [3.63, 3.8) is 0 Å². The largest absolute Gasteiger partial charge is 0.354 e. The van der Waals surface area contributed by atoms with Crippen LogP contribution in [0.1, 0.15) is 58.8 Å². The Bertz CT molecular complexity index is 1020. The van der Waals surface area contributed by atoms with Gasteiger partial charge in [-0.25, -0.2) is 8.42 Å². The number of rotatable bonds is 2. The molecule has 9 heteroatoms. The summed E-state index contributed by atoms with van der Waals surface area (Å²) >= 11 is 0. The number of sulfone groups is 1. The number of hydrogen-bond acceptors (Lipinski definition) is 5. The van der Waals surface area contributed by atoms with Gasteiger partial charge in [0.1, 0.15) is 5.69 Å². The molecule has 0 unspecified atom stereocenters. The summed E-state index contributed by atoms with van der Waals surface area (Å²) < 4.78 is 23.3. The van der Waals surface area contributed by atoms with Crippen molar-refractivity contribution in [2.24, 2.45) is 11.3 Å². The van der Waals surface area contributed by atoms with Crippen molar-refractivity contribution in [1.29, 1.82) is 0 Å². The summed E-state index contributed by atoms with van der Waals surface area (Å²) in [5.74, 6) is -0.637. The van der Waals surface area contributed by atoms with E-state index in [1.165, 1.54) is 0 Å². The summed E-state index contributed by atoms with van der Waals surface area (Å²) in [7, 11) is -3.10. The molecule has 3 aliphatic rings. The lowest BCUT2D eigenvalue weighted by molar-refractivity contribution is -0.136. The van der Waals surface area contributed by atoms with Crippen LogP contribution in [-0.4, -0.2) is 78.5 Å². The second kappa shape index (κ2) is 7.21. The number of aromatic amines is 1. The van der Waals surface area contributed by atoms with Crippen LogP contribution in [0, 0.1) is 18.3 Å². The molecule has 3 heterocycles. The smallest absolute Gasteiger partial charge is 0.270 e. The summed E-state index contributed by atoms with van der Waals surface area (Å²) in [6.07, 6.45) is 1.59. The van der Waals surface area contributed by atoms with Crippen LogP contribution in [0.15, 0.2) is 0 Å². The van der Waals surface area contributed by atoms with Gasteiger partial charge in [0.25, 0.3) is 5.91 Å². The number of H-pyrrole nitrogens is 1. The number of nitrogens with one attached hydrogen (secondary N) is 1. The zero-order valence-corrected chi connectivity index (χ0v) is 18.6. The van der Waals surface area contributed by atoms with E-state index < -0.39 is 15.8 Å². The molecule has 1 aromatic rings. The molecule has 1 aromatic heterocycles. The molecule has 1 aliphatic carbocycles. The fourth-order valence-corrected chi connectivity index (χ4v) is 6.72. The molecule has 2 fully saturated rings. The molecule has 2 amide bonds. The van der Waals surface area contributed by atoms with Gasteiger partial charge in [0.15, 0.2) is 15.6 Å². The molecule has 1 N–H and O–H groups in total. The number of nitrogens with zero attached hydrogens (tertiary/aromatic N) is 2. The third-order valence-corrected chi connectivity index (χ3v) is 8.34. The maximum Gasteiger partial charge on any atom is 0.270 e. The lowest BCUT2D eigenvalue weighted by Crippen LogP contribution is -2.52. The zero-order chi connectivity index (χ0) is 21.8. The van der Waals surface area contributed by atoms with Gasteiger partial charge in [-0.2, -0.15) is 0 Å². The second-order valence-electron chi connectivity index (χ2n) is 9.64. The van der Waals surface area contributed by atoms with Crippen LogP contribution in [0.3, 0.4) is 0 Å². The van der Waals surface area contributed by atoms with Gasteiger partial charge in [-0.15, -0.1) is 0 Å². The van der Waals surface area contributed by atoms with E-state index in [1.54, 1.807) is 9.80 Å². The Labute approximate surface area is 176 Å². The van der Waals surface area contributed by atoms with E-state index in [4.69, 9.17) is 0 Å². The minimum absolute atomic E-state index is 0.0669. The van der Waals surface area contributed by atoms with Gasteiger partial charge in [0.2, 0.25) is 5.91 Å². The number of Topliss-reactive ketones (excluding diaryl/α,β-unsaturated/α-hetero) is 1. The molecule has 30 heavy (non-hydrogen) atoms. The number of piperazine rings is 1. The van der Waals surface area contributed by atoms with Gasteiger partial charge in [-0.3, -0.25) is 14.4 Å². The van der Waals surface area contributed by atoms with Crippen molar-refractivity contribution in [2.45, 2.75) is 40.0 Å². The molecule has 2 saturated heterocycles. The zero-order valence-electron chi connectivity index (χ0n) is 17.8. The third-order valence-electron chi connectivity index (χ3n) is 6.58. The highest BCUT2D eigenvalue weighted by Crippen LogP contribution is 2.37. The number of hydrogen-bond donors (Lipinski definition) is 1. The van der Waals surface area contributed by atoms with Gasteiger partial charge < -0.3 is 14.8 Å². The Balaban J connectivity index is 1.43. The van der Waals surface area contributed by atoms with Crippen molar-refractivity contribution in [2.75, 3.05) is 37.7 Å². The quantitative estimate of drug-likeness (QED) is 0.751. The van der Waals surface area contributed by atoms with E-state index in [-0.39, 0.29) is 34.5 Å². The first-order valence-electron chi connectivity index (χ1n) is 10.5. The summed E-state index contributed by atoms with van der Waals surface area (Å²) in [4.78, 5) is 44.9. The molecule has 164 valence electrons. The van der Waals surface area contributed by atoms with Crippen molar-refractivity contribution in [3.8, 4) is 0 Å². The number of ketones is 1. The van der Waals surface area contributed by atoms with E-state index in [9.17, 15) is 22.8 Å². The van der Waals surface area contributed by atoms with Gasteiger partial charge in [-0.05, 0) is 30.7 Å². The molecule has 4 rings (SSSR count). The maximum atomic E-state index is 13.1. The van der Waals surface area contributed by atoms with E-state index in [0.717, 1.165) is 12.1 Å². The topological polar surface area (TPSA) is 108 Å². The first kappa shape index (κ1) is 21.1. The van der Waals surface area contributed by atoms with E-state index in [0.29, 0.717) is 55.8 Å². The molecular weight excluding hydrogens is 406 g/mol. The van der Waals surface area contributed by atoms with Crippen LogP contribution in [0.5, 0.6) is 0 Å². The van der Waals surface area contributed by atoms with Crippen LogP contribution in [0.25, 0.3) is 0 Å². The van der Waals surface area contributed by atoms with Gasteiger partial charge in [0.05, 0.1) is 17.4 Å². The number of carbonyl (C=O) groups is 3. The number of aromatic nitrogens is 1. The molecule has 0 bridgehead atoms. The summed E-state index contributed by atoms with van der Waals surface area (Å²) in [5.41, 5.74) is 2.56. The first-order chi connectivity index (χ1) is 14.0. The normalized spacial score (nSPS) is 25.3. The van der Waals surface area contributed by atoms with E-state index >= 15 is 0 Å². The predicted molar refractivity (Wildman–Crippen MR) is 111 cm³/mol. The minimum Gasteiger partial charge on any atom is -0.354 e. The molecule has 2 aliphatic heterocycles. The average Bonchev–Trinajstić information content (AvgIpc) is 3.19. The monoisotopic (exact) mass is 435 g/mol. The number of fused-ring (bicyclic) bond motifs is 1. The maximum absolute atomic E-state index is 13.1. The van der Waals surface area contributed by atoms with E-state index in [1.807, 2.05) is 6.92 Å². The number of amides is 2. The Hall–Kier alpha value is -2.16. The SMILES string of the molecule is Cc1c(C(=O)N2CCN(C(=O)[C@H]3CCS(=O)(=O)C3)CC2)[nH]c2c1C(=O)CC(C)(C)C2. The van der Waals surface area contributed by atoms with Crippen molar-refractivity contribution in [1.82, 2.24) is 14.8 Å². The van der Waals surface area contributed by atoms with Crippen LogP contribution in [0.2, 0.25) is 0 Å². The fourth-order valence-electron chi connectivity index (χ4n) is 4.98. The highest BCUT2D eigenvalue weighted by molar-refractivity contribution is 7.91. The van der Waals surface area contributed by atoms with Crippen molar-refractivity contribution >= 4 is 27.4 Å². The Morgan fingerprint density at radius 2 is 1.70 bits per heavy atom. The highest BCUT2D eigenvalue weighted by Gasteiger charge is 2.38. The lowest BCUT2D eigenvalue weighted by Gasteiger charge is -2.35. The van der Waals surface area contributed by atoms with Crippen molar-refractivity contribution < 1.29 is 22.8 Å². The number of carbonyl (C=O) groups excluding carboxylic acids is 3. The molecule has 0 radical (unpaired) electrons. The van der Waals surface area contributed by atoms with Crippen LogP contribution >= 0.6 is 0 Å². The first-order valence-corrected chi connectivity index (χ1v) is 12.3. The minimum atomic E-state index is -3.10. The van der Waals surface area contributed by atoms with Crippen LogP contribution in [-0.2, 0) is 21.1 Å². The Morgan fingerprint density at radius 3 is 2.30 bits per heavy atom. The van der Waals surface area contributed by atoms with E-state index in [2.05, 4.69) is 18.8 Å². The van der Waals surface area contributed by atoms with Crippen LogP contribution in [0.4, 0.5) is 0 Å². The third kappa shape index (κ3) is 3.79. The van der Waals surface area contributed by atoms with Crippen molar-refractivity contribution in [3.05, 3.63) is 22.5 Å². The molecule has 0 aromatic carbocycles. The Morgan fingerprint density at radius 1 is 1.07 bits per heavy atom. The van der Waals surface area contributed by atoms with Gasteiger partial charge in [-0.1, -0.05) is 13.8 Å². The Kier molecular flexibility index (Phi) is 5.07. The molecular formula is C21H29N3O5S. The highest BCUT2D eigenvalue weighted by atomic mass is 32.2. The van der Waals surface area contributed by atoms with Gasteiger partial charge in [0, 0.05) is 43.9 Å². The molecule has 0 spiro atoms. The van der Waals surface area contributed by atoms with Crippen LogP contribution < -0.4 is 0 Å². The summed E-state index contributed by atoms with van der Waals surface area (Å²) in [6.45, 7) is 7.51. The fraction of sp³-hybridized carbons (Fsp3) is 0.667. The molecule has 0 saturated carbocycles. The summed E-state index contributed by atoms with van der Waals surface area (Å²) in [5, 5.41) is 0.